The SMILES string of the molecule is CN(CCOCC(O)c1ccccc1)C(=O)C1CCC(=O)N1. The van der Waals surface area contributed by atoms with Crippen LogP contribution in [0.4, 0.5) is 0 Å². The van der Waals surface area contributed by atoms with Crippen molar-refractivity contribution in [2.75, 3.05) is 26.8 Å². The first kappa shape index (κ1) is 16.5. The molecule has 120 valence electrons. The van der Waals surface area contributed by atoms with Crippen molar-refractivity contribution in [1.82, 2.24) is 10.2 Å². The number of carbonyl (C=O) groups is 2. The first-order valence-corrected chi connectivity index (χ1v) is 7.43. The smallest absolute Gasteiger partial charge is 0.244 e. The van der Waals surface area contributed by atoms with Crippen LogP contribution >= 0.6 is 0 Å². The molecular formula is C16H22N2O4. The fourth-order valence-electron chi connectivity index (χ4n) is 2.34. The lowest BCUT2D eigenvalue weighted by molar-refractivity contribution is -0.133. The Labute approximate surface area is 130 Å². The minimum absolute atomic E-state index is 0.0750. The molecule has 0 spiro atoms. The average molecular weight is 306 g/mol. The number of aliphatic hydroxyl groups excluding tert-OH is 1. The van der Waals surface area contributed by atoms with Gasteiger partial charge in [-0.2, -0.15) is 0 Å². The van der Waals surface area contributed by atoms with Gasteiger partial charge in [0.25, 0.3) is 0 Å². The summed E-state index contributed by atoms with van der Waals surface area (Å²) in [6.45, 7) is 0.950. The minimum atomic E-state index is -0.670. The highest BCUT2D eigenvalue weighted by molar-refractivity contribution is 5.90. The zero-order valence-electron chi connectivity index (χ0n) is 12.7. The average Bonchev–Trinajstić information content (AvgIpc) is 2.97. The lowest BCUT2D eigenvalue weighted by atomic mass is 10.1. The molecule has 22 heavy (non-hydrogen) atoms. The zero-order valence-corrected chi connectivity index (χ0v) is 12.7. The van der Waals surface area contributed by atoms with E-state index in [2.05, 4.69) is 5.32 Å². The van der Waals surface area contributed by atoms with E-state index >= 15 is 0 Å². The van der Waals surface area contributed by atoms with Crippen LogP contribution in [-0.4, -0.2) is 54.7 Å². The third-order valence-electron chi connectivity index (χ3n) is 3.70. The van der Waals surface area contributed by atoms with Crippen LogP contribution < -0.4 is 5.32 Å². The van der Waals surface area contributed by atoms with Crippen LogP contribution in [0.1, 0.15) is 24.5 Å². The van der Waals surface area contributed by atoms with Crippen molar-refractivity contribution in [3.63, 3.8) is 0 Å². The maximum Gasteiger partial charge on any atom is 0.244 e. The van der Waals surface area contributed by atoms with Crippen LogP contribution in [0.5, 0.6) is 0 Å². The van der Waals surface area contributed by atoms with E-state index in [0.717, 1.165) is 5.56 Å². The number of likely N-dealkylation sites (N-methyl/N-ethyl adjacent to an activating group) is 1. The Balaban J connectivity index is 1.65. The topological polar surface area (TPSA) is 78.9 Å². The van der Waals surface area contributed by atoms with E-state index in [9.17, 15) is 14.7 Å². The molecule has 1 aliphatic rings. The summed E-state index contributed by atoms with van der Waals surface area (Å²) in [7, 11) is 1.68. The maximum atomic E-state index is 12.0. The summed E-state index contributed by atoms with van der Waals surface area (Å²) in [5.41, 5.74) is 0.806. The number of hydrogen-bond acceptors (Lipinski definition) is 4. The lowest BCUT2D eigenvalue weighted by Crippen LogP contribution is -2.43. The quantitative estimate of drug-likeness (QED) is 0.718. The van der Waals surface area contributed by atoms with Crippen molar-refractivity contribution in [3.05, 3.63) is 35.9 Å². The standard InChI is InChI=1S/C16H22N2O4/c1-18(16(21)13-7-8-15(20)17-13)9-10-22-11-14(19)12-5-3-2-4-6-12/h2-6,13-14,19H,7-11H2,1H3,(H,17,20). The van der Waals surface area contributed by atoms with Crippen LogP contribution in [0.3, 0.4) is 0 Å². The Hall–Kier alpha value is -1.92. The second kappa shape index (κ2) is 7.91. The highest BCUT2D eigenvalue weighted by Crippen LogP contribution is 2.12. The van der Waals surface area contributed by atoms with Crippen molar-refractivity contribution in [2.24, 2.45) is 0 Å². The normalized spacial score (nSPS) is 18.8. The Kier molecular flexibility index (Phi) is 5.91. The van der Waals surface area contributed by atoms with E-state index in [4.69, 9.17) is 4.74 Å². The number of amides is 2. The lowest BCUT2D eigenvalue weighted by Gasteiger charge is -2.21. The van der Waals surface area contributed by atoms with Gasteiger partial charge in [-0.3, -0.25) is 9.59 Å². The van der Waals surface area contributed by atoms with Gasteiger partial charge in [-0.25, -0.2) is 0 Å². The Bertz CT molecular complexity index is 506. The van der Waals surface area contributed by atoms with Gasteiger partial charge in [0.2, 0.25) is 11.8 Å². The third kappa shape index (κ3) is 4.54. The molecule has 6 heteroatoms. The van der Waals surface area contributed by atoms with Gasteiger partial charge in [0.15, 0.2) is 0 Å². The van der Waals surface area contributed by atoms with E-state index in [1.807, 2.05) is 30.3 Å². The predicted molar refractivity (Wildman–Crippen MR) is 81.0 cm³/mol. The van der Waals surface area contributed by atoms with Crippen LogP contribution in [0.25, 0.3) is 0 Å². The molecule has 1 saturated heterocycles. The van der Waals surface area contributed by atoms with Crippen LogP contribution in [0.15, 0.2) is 30.3 Å². The van der Waals surface area contributed by atoms with Gasteiger partial charge in [0.1, 0.15) is 12.1 Å². The number of nitrogens with zero attached hydrogens (tertiary/aromatic N) is 1. The Morgan fingerprint density at radius 1 is 1.45 bits per heavy atom. The van der Waals surface area contributed by atoms with Gasteiger partial charge < -0.3 is 20.1 Å². The molecule has 1 aromatic rings. The summed E-state index contributed by atoms with van der Waals surface area (Å²) in [5.74, 6) is -0.174. The predicted octanol–water partition coefficient (Wildman–Crippen LogP) is 0.474. The van der Waals surface area contributed by atoms with Crippen molar-refractivity contribution >= 4 is 11.8 Å². The van der Waals surface area contributed by atoms with Crippen molar-refractivity contribution in [3.8, 4) is 0 Å². The molecule has 0 bridgehead atoms. The molecule has 1 fully saturated rings. The van der Waals surface area contributed by atoms with Crippen molar-refractivity contribution in [1.29, 1.82) is 0 Å². The van der Waals surface area contributed by atoms with Gasteiger partial charge >= 0.3 is 0 Å². The number of ether oxygens (including phenoxy) is 1. The Morgan fingerprint density at radius 2 is 2.18 bits per heavy atom. The highest BCUT2D eigenvalue weighted by Gasteiger charge is 2.29. The zero-order chi connectivity index (χ0) is 15.9. The van der Waals surface area contributed by atoms with E-state index in [1.165, 1.54) is 0 Å². The molecular weight excluding hydrogens is 284 g/mol. The van der Waals surface area contributed by atoms with E-state index < -0.39 is 12.1 Å². The summed E-state index contributed by atoms with van der Waals surface area (Å²) in [4.78, 5) is 24.7. The second-order valence-electron chi connectivity index (χ2n) is 5.42. The van der Waals surface area contributed by atoms with Crippen LogP contribution in [-0.2, 0) is 14.3 Å². The van der Waals surface area contributed by atoms with Gasteiger partial charge in [0.05, 0.1) is 13.2 Å². The van der Waals surface area contributed by atoms with Crippen molar-refractivity contribution < 1.29 is 19.4 Å². The molecule has 6 nitrogen and oxygen atoms in total. The summed E-state index contributed by atoms with van der Waals surface area (Å²) in [6, 6.07) is 8.88. The molecule has 0 aromatic heterocycles. The van der Waals surface area contributed by atoms with Crippen molar-refractivity contribution in [2.45, 2.75) is 25.0 Å². The fraction of sp³-hybridized carbons (Fsp3) is 0.500. The first-order valence-electron chi connectivity index (χ1n) is 7.43. The number of aliphatic hydroxyl groups is 1. The number of benzene rings is 1. The van der Waals surface area contributed by atoms with Gasteiger partial charge in [-0.05, 0) is 12.0 Å². The van der Waals surface area contributed by atoms with E-state index in [0.29, 0.717) is 26.0 Å². The number of carbonyl (C=O) groups excluding carboxylic acids is 2. The second-order valence-corrected chi connectivity index (χ2v) is 5.42. The number of hydrogen-bond donors (Lipinski definition) is 2. The molecule has 1 heterocycles. The summed E-state index contributed by atoms with van der Waals surface area (Å²) >= 11 is 0. The monoisotopic (exact) mass is 306 g/mol. The summed E-state index contributed by atoms with van der Waals surface area (Å²) < 4.78 is 5.42. The molecule has 2 rings (SSSR count). The van der Waals surface area contributed by atoms with Crippen LogP contribution in [0, 0.1) is 0 Å². The molecule has 0 radical (unpaired) electrons. The summed E-state index contributed by atoms with van der Waals surface area (Å²) in [6.07, 6.45) is 0.288. The first-order chi connectivity index (χ1) is 10.6. The molecule has 2 atom stereocenters. The molecule has 0 saturated carbocycles. The van der Waals surface area contributed by atoms with E-state index in [1.54, 1.807) is 11.9 Å². The molecule has 0 aliphatic carbocycles. The third-order valence-corrected chi connectivity index (χ3v) is 3.70. The largest absolute Gasteiger partial charge is 0.386 e. The summed E-state index contributed by atoms with van der Waals surface area (Å²) in [5, 5.41) is 12.6. The Morgan fingerprint density at radius 3 is 2.82 bits per heavy atom. The molecule has 1 aliphatic heterocycles. The van der Waals surface area contributed by atoms with E-state index in [-0.39, 0.29) is 18.4 Å². The fourth-order valence-corrected chi connectivity index (χ4v) is 2.34. The molecule has 2 unspecified atom stereocenters. The minimum Gasteiger partial charge on any atom is -0.386 e. The highest BCUT2D eigenvalue weighted by atomic mass is 16.5. The molecule has 2 N–H and O–H groups in total. The van der Waals surface area contributed by atoms with Gasteiger partial charge in [-0.1, -0.05) is 30.3 Å². The molecule has 2 amide bonds. The number of nitrogens with one attached hydrogen (secondary N) is 1. The maximum absolute atomic E-state index is 12.0. The van der Waals surface area contributed by atoms with Crippen LogP contribution in [0.2, 0.25) is 0 Å². The molecule has 1 aromatic carbocycles. The number of rotatable bonds is 7. The van der Waals surface area contributed by atoms with Gasteiger partial charge in [0, 0.05) is 20.0 Å². The van der Waals surface area contributed by atoms with Gasteiger partial charge in [-0.15, -0.1) is 0 Å².